The Morgan fingerprint density at radius 2 is 2.16 bits per heavy atom. The number of carbonyl (C=O) groups is 1. The third kappa shape index (κ3) is 4.31. The Kier molecular flexibility index (Phi) is 4.90. The van der Waals surface area contributed by atoms with E-state index in [2.05, 4.69) is 10.6 Å². The molecular weight excluding hydrogens is 244 g/mol. The van der Waals surface area contributed by atoms with Crippen LogP contribution >= 0.6 is 0 Å². The summed E-state index contributed by atoms with van der Waals surface area (Å²) in [5, 5.41) is 24.8. The van der Waals surface area contributed by atoms with Crippen molar-refractivity contribution >= 4 is 5.91 Å². The molecule has 0 aliphatic carbocycles. The van der Waals surface area contributed by atoms with Crippen molar-refractivity contribution < 1.29 is 15.0 Å². The molecule has 19 heavy (non-hydrogen) atoms. The highest BCUT2D eigenvalue weighted by atomic mass is 16.3. The van der Waals surface area contributed by atoms with Crippen molar-refractivity contribution in [1.82, 2.24) is 10.6 Å². The zero-order chi connectivity index (χ0) is 13.7. The second-order valence-corrected chi connectivity index (χ2v) is 4.94. The Morgan fingerprint density at radius 3 is 2.79 bits per heavy atom. The minimum atomic E-state index is -0.599. The lowest BCUT2D eigenvalue weighted by molar-refractivity contribution is -0.123. The second-order valence-electron chi connectivity index (χ2n) is 4.94. The molecule has 0 radical (unpaired) electrons. The lowest BCUT2D eigenvalue weighted by Gasteiger charge is -2.14. The summed E-state index contributed by atoms with van der Waals surface area (Å²) >= 11 is 0. The van der Waals surface area contributed by atoms with E-state index in [1.807, 2.05) is 30.3 Å². The quantitative estimate of drug-likeness (QED) is 0.574. The fraction of sp³-hybridized carbons (Fsp3) is 0.500. The third-order valence-corrected chi connectivity index (χ3v) is 3.25. The maximum absolute atomic E-state index is 11.8. The summed E-state index contributed by atoms with van der Waals surface area (Å²) in [4.78, 5) is 11.8. The number of aliphatic hydroxyl groups is 2. The first-order chi connectivity index (χ1) is 9.15. The fourth-order valence-electron chi connectivity index (χ4n) is 2.22. The van der Waals surface area contributed by atoms with Crippen LogP contribution in [0.3, 0.4) is 0 Å². The van der Waals surface area contributed by atoms with Gasteiger partial charge in [0, 0.05) is 19.5 Å². The maximum atomic E-state index is 11.8. The van der Waals surface area contributed by atoms with Gasteiger partial charge in [-0.15, -0.1) is 0 Å². The number of aliphatic hydroxyl groups excluding tert-OH is 2. The van der Waals surface area contributed by atoms with Gasteiger partial charge in [0.2, 0.25) is 5.91 Å². The van der Waals surface area contributed by atoms with E-state index in [4.69, 9.17) is 0 Å². The summed E-state index contributed by atoms with van der Waals surface area (Å²) in [5.41, 5.74) is 1.04. The zero-order valence-electron chi connectivity index (χ0n) is 10.7. The molecule has 104 valence electrons. The molecule has 0 spiro atoms. The van der Waals surface area contributed by atoms with Crippen molar-refractivity contribution in [1.29, 1.82) is 0 Å². The van der Waals surface area contributed by atoms with Gasteiger partial charge in [0.1, 0.15) is 0 Å². The lowest BCUT2D eigenvalue weighted by Crippen LogP contribution is -2.43. The first-order valence-corrected chi connectivity index (χ1v) is 6.56. The van der Waals surface area contributed by atoms with Gasteiger partial charge in [-0.1, -0.05) is 30.3 Å². The van der Waals surface area contributed by atoms with Gasteiger partial charge in [-0.2, -0.15) is 0 Å². The lowest BCUT2D eigenvalue weighted by atomic mass is 10.1. The van der Waals surface area contributed by atoms with E-state index in [1.54, 1.807) is 0 Å². The van der Waals surface area contributed by atoms with Gasteiger partial charge in [-0.3, -0.25) is 4.79 Å². The van der Waals surface area contributed by atoms with Gasteiger partial charge in [-0.25, -0.2) is 0 Å². The van der Waals surface area contributed by atoms with E-state index in [-0.39, 0.29) is 18.5 Å². The van der Waals surface area contributed by atoms with E-state index in [9.17, 15) is 15.0 Å². The second kappa shape index (κ2) is 6.65. The van der Waals surface area contributed by atoms with Crippen LogP contribution in [0.4, 0.5) is 0 Å². The number of benzene rings is 1. The largest absolute Gasteiger partial charge is 0.392 e. The van der Waals surface area contributed by atoms with Crippen molar-refractivity contribution in [2.75, 3.05) is 13.1 Å². The van der Waals surface area contributed by atoms with Crippen molar-refractivity contribution in [3.63, 3.8) is 0 Å². The molecule has 1 aromatic rings. The molecule has 0 bridgehead atoms. The molecule has 0 aromatic heterocycles. The van der Waals surface area contributed by atoms with Crippen LogP contribution in [0.5, 0.6) is 0 Å². The standard InChI is InChI=1S/C14H20N2O3/c17-11(6-10-4-2-1-3-5-10)9-16-14(19)13-7-12(18)8-15-13/h1-5,11-13,15,17-18H,6-9H2,(H,16,19)/t11-,12+,13+/m1/s1. The number of nitrogens with one attached hydrogen (secondary N) is 2. The van der Waals surface area contributed by atoms with E-state index < -0.39 is 12.2 Å². The summed E-state index contributed by atoms with van der Waals surface area (Å²) in [6.45, 7) is 0.673. The first kappa shape index (κ1) is 14.0. The van der Waals surface area contributed by atoms with E-state index >= 15 is 0 Å². The number of hydrogen-bond donors (Lipinski definition) is 4. The van der Waals surface area contributed by atoms with Crippen molar-refractivity contribution in [3.8, 4) is 0 Å². The summed E-state index contributed by atoms with van der Waals surface area (Å²) in [7, 11) is 0. The summed E-state index contributed by atoms with van der Waals surface area (Å²) in [6.07, 6.45) is -0.106. The third-order valence-electron chi connectivity index (χ3n) is 3.25. The maximum Gasteiger partial charge on any atom is 0.237 e. The number of rotatable bonds is 5. The smallest absolute Gasteiger partial charge is 0.237 e. The fourth-order valence-corrected chi connectivity index (χ4v) is 2.22. The number of β-amino-alcohol motifs (C(OH)–C–C–N with tert-alkyl or cyclic N) is 1. The highest BCUT2D eigenvalue weighted by Gasteiger charge is 2.27. The van der Waals surface area contributed by atoms with Gasteiger partial charge < -0.3 is 20.8 Å². The summed E-state index contributed by atoms with van der Waals surface area (Å²) in [6, 6.07) is 9.31. The molecule has 1 aliphatic heterocycles. The number of carbonyl (C=O) groups excluding carboxylic acids is 1. The molecule has 1 aliphatic rings. The van der Waals surface area contributed by atoms with Crippen LogP contribution in [0.25, 0.3) is 0 Å². The molecule has 1 saturated heterocycles. The average molecular weight is 264 g/mol. The van der Waals surface area contributed by atoms with Crippen LogP contribution in [-0.4, -0.2) is 47.5 Å². The summed E-state index contributed by atoms with van der Waals surface area (Å²) < 4.78 is 0. The molecule has 5 nitrogen and oxygen atoms in total. The predicted molar refractivity (Wildman–Crippen MR) is 71.6 cm³/mol. The van der Waals surface area contributed by atoms with Crippen LogP contribution in [0, 0.1) is 0 Å². The highest BCUT2D eigenvalue weighted by Crippen LogP contribution is 2.06. The van der Waals surface area contributed by atoms with Crippen LogP contribution in [0.1, 0.15) is 12.0 Å². The monoisotopic (exact) mass is 264 g/mol. The molecule has 1 amide bonds. The Balaban J connectivity index is 1.71. The minimum Gasteiger partial charge on any atom is -0.392 e. The molecule has 4 N–H and O–H groups in total. The normalized spacial score (nSPS) is 24.1. The molecule has 2 rings (SSSR count). The molecule has 1 aromatic carbocycles. The van der Waals surface area contributed by atoms with Gasteiger partial charge in [0.15, 0.2) is 0 Å². The minimum absolute atomic E-state index is 0.163. The molecule has 3 atom stereocenters. The Labute approximate surface area is 112 Å². The van der Waals surface area contributed by atoms with Crippen LogP contribution in [0.15, 0.2) is 30.3 Å². The molecule has 1 heterocycles. The topological polar surface area (TPSA) is 81.6 Å². The van der Waals surface area contributed by atoms with Gasteiger partial charge in [0.05, 0.1) is 18.2 Å². The van der Waals surface area contributed by atoms with E-state index in [0.717, 1.165) is 5.56 Å². The predicted octanol–water partition coefficient (Wildman–Crippen LogP) is -0.571. The molecule has 0 saturated carbocycles. The Hall–Kier alpha value is -1.43. The Morgan fingerprint density at radius 1 is 1.42 bits per heavy atom. The van der Waals surface area contributed by atoms with Gasteiger partial charge >= 0.3 is 0 Å². The Bertz CT molecular complexity index is 410. The van der Waals surface area contributed by atoms with Crippen LogP contribution in [0.2, 0.25) is 0 Å². The van der Waals surface area contributed by atoms with Crippen molar-refractivity contribution in [2.45, 2.75) is 31.1 Å². The van der Waals surface area contributed by atoms with E-state index in [0.29, 0.717) is 19.4 Å². The van der Waals surface area contributed by atoms with Crippen molar-refractivity contribution in [2.24, 2.45) is 0 Å². The summed E-state index contributed by atoms with van der Waals surface area (Å²) in [5.74, 6) is -0.163. The number of hydrogen-bond acceptors (Lipinski definition) is 4. The van der Waals surface area contributed by atoms with Crippen LogP contribution < -0.4 is 10.6 Å². The van der Waals surface area contributed by atoms with Gasteiger partial charge in [0.25, 0.3) is 0 Å². The molecule has 1 fully saturated rings. The average Bonchev–Trinajstić information content (AvgIpc) is 2.84. The first-order valence-electron chi connectivity index (χ1n) is 6.56. The molecule has 5 heteroatoms. The van der Waals surface area contributed by atoms with E-state index in [1.165, 1.54) is 0 Å². The van der Waals surface area contributed by atoms with Crippen LogP contribution in [-0.2, 0) is 11.2 Å². The number of amides is 1. The SMILES string of the molecule is O=C(NC[C@H](O)Cc1ccccc1)[C@@H]1C[C@H](O)CN1. The van der Waals surface area contributed by atoms with Gasteiger partial charge in [-0.05, 0) is 12.0 Å². The highest BCUT2D eigenvalue weighted by molar-refractivity contribution is 5.82. The molecule has 0 unspecified atom stereocenters. The zero-order valence-corrected chi connectivity index (χ0v) is 10.7. The molecular formula is C14H20N2O3. The van der Waals surface area contributed by atoms with Crippen molar-refractivity contribution in [3.05, 3.63) is 35.9 Å².